The van der Waals surface area contributed by atoms with Gasteiger partial charge in [0.25, 0.3) is 0 Å². The molecule has 5 atom stereocenters. The van der Waals surface area contributed by atoms with Crippen molar-refractivity contribution < 1.29 is 48.0 Å². The zero-order valence-electron chi connectivity index (χ0n) is 22.6. The predicted octanol–water partition coefficient (Wildman–Crippen LogP) is 3.76. The molecule has 0 bridgehead atoms. The van der Waals surface area contributed by atoms with E-state index in [1.807, 2.05) is 6.92 Å². The van der Waals surface area contributed by atoms with Gasteiger partial charge in [-0.15, -0.1) is 0 Å². The summed E-state index contributed by atoms with van der Waals surface area (Å²) in [6.07, 6.45) is -4.39. The summed E-state index contributed by atoms with van der Waals surface area (Å²) in [6, 6.07) is 9.21. The van der Waals surface area contributed by atoms with Crippen molar-refractivity contribution >= 4 is 28.9 Å². The van der Waals surface area contributed by atoms with Crippen LogP contribution in [-0.4, -0.2) is 52.5 Å². The molecule has 0 spiro atoms. The zero-order chi connectivity index (χ0) is 29.3. The molecule has 11 nitrogen and oxygen atoms in total. The molecule has 3 aromatic rings. The van der Waals surface area contributed by atoms with Gasteiger partial charge in [-0.25, -0.2) is 0 Å². The number of benzene rings is 2. The van der Waals surface area contributed by atoms with Gasteiger partial charge in [-0.3, -0.25) is 19.2 Å². The van der Waals surface area contributed by atoms with Gasteiger partial charge in [0.05, 0.1) is 0 Å². The first kappa shape index (κ1) is 28.5. The Hall–Kier alpha value is -4.54. The van der Waals surface area contributed by atoms with Crippen LogP contribution in [0.3, 0.4) is 0 Å². The fourth-order valence-corrected chi connectivity index (χ4v) is 4.93. The lowest BCUT2D eigenvalue weighted by Crippen LogP contribution is -2.59. The summed E-state index contributed by atoms with van der Waals surface area (Å²) in [5, 5.41) is 20.2. The number of carbonyl (C=O) groups is 3. The van der Waals surface area contributed by atoms with Gasteiger partial charge in [-0.05, 0) is 13.3 Å². The van der Waals surface area contributed by atoms with Crippen molar-refractivity contribution in [2.45, 2.75) is 65.5 Å². The molecule has 1 saturated carbocycles. The van der Waals surface area contributed by atoms with E-state index in [0.29, 0.717) is 5.56 Å². The van der Waals surface area contributed by atoms with Crippen molar-refractivity contribution in [2.75, 3.05) is 0 Å². The SMILES string of the molecule is CC(=O)O[C@@H]1[C@@H](OC(C)=O)[C@H](C)C[C@@H](Oc2c(-c3ccc(C)cc3)oc3cc(O)cc(O)c3c2=O)[C@@H]1OC(C)=O. The first-order chi connectivity index (χ1) is 18.8. The van der Waals surface area contributed by atoms with Gasteiger partial charge in [0.1, 0.15) is 34.7 Å². The van der Waals surface area contributed by atoms with Crippen molar-refractivity contribution in [2.24, 2.45) is 5.92 Å². The van der Waals surface area contributed by atoms with E-state index in [1.165, 1.54) is 13.0 Å². The normalized spacial score (nSPS) is 22.4. The number of fused-ring (bicyclic) bond motifs is 1. The molecule has 0 aliphatic heterocycles. The van der Waals surface area contributed by atoms with Crippen LogP contribution in [0.25, 0.3) is 22.3 Å². The number of esters is 3. The van der Waals surface area contributed by atoms with E-state index in [2.05, 4.69) is 0 Å². The third-order valence-corrected chi connectivity index (χ3v) is 6.59. The Balaban J connectivity index is 1.89. The van der Waals surface area contributed by atoms with Gasteiger partial charge in [0.15, 0.2) is 18.0 Å². The van der Waals surface area contributed by atoms with E-state index in [0.717, 1.165) is 25.5 Å². The maximum atomic E-state index is 13.8. The lowest BCUT2D eigenvalue weighted by Gasteiger charge is -2.43. The van der Waals surface area contributed by atoms with E-state index in [9.17, 15) is 29.4 Å². The minimum absolute atomic E-state index is 0.00266. The van der Waals surface area contributed by atoms with Gasteiger partial charge in [-0.2, -0.15) is 0 Å². The molecule has 0 amide bonds. The van der Waals surface area contributed by atoms with Gasteiger partial charge in [0.2, 0.25) is 11.2 Å². The van der Waals surface area contributed by atoms with Gasteiger partial charge in [-0.1, -0.05) is 36.8 Å². The number of rotatable bonds is 6. The second kappa shape index (κ2) is 11.3. The second-order valence-electron chi connectivity index (χ2n) is 9.88. The van der Waals surface area contributed by atoms with Crippen LogP contribution in [0.2, 0.25) is 0 Å². The Morgan fingerprint density at radius 2 is 1.45 bits per heavy atom. The van der Waals surface area contributed by atoms with Crippen LogP contribution in [0.1, 0.15) is 39.7 Å². The summed E-state index contributed by atoms with van der Waals surface area (Å²) in [4.78, 5) is 49.8. The number of aryl methyl sites for hydroxylation is 1. The number of ether oxygens (including phenoxy) is 4. The number of carbonyl (C=O) groups excluding carboxylic acids is 3. The summed E-state index contributed by atoms with van der Waals surface area (Å²) in [7, 11) is 0. The molecule has 11 heteroatoms. The molecule has 0 unspecified atom stereocenters. The van der Waals surface area contributed by atoms with Crippen molar-refractivity contribution in [1.29, 1.82) is 0 Å². The summed E-state index contributed by atoms with van der Waals surface area (Å²) in [5.41, 5.74) is 0.590. The predicted molar refractivity (Wildman–Crippen MR) is 141 cm³/mol. The first-order valence-corrected chi connectivity index (χ1v) is 12.6. The molecule has 0 radical (unpaired) electrons. The molecule has 0 saturated heterocycles. The van der Waals surface area contributed by atoms with Gasteiger partial charge >= 0.3 is 17.9 Å². The van der Waals surface area contributed by atoms with Crippen LogP contribution in [-0.2, 0) is 28.6 Å². The molecule has 1 aromatic heterocycles. The molecule has 212 valence electrons. The molecule has 2 aromatic carbocycles. The Kier molecular flexibility index (Phi) is 8.03. The number of phenols is 2. The van der Waals surface area contributed by atoms with Crippen molar-refractivity contribution in [3.05, 3.63) is 52.2 Å². The zero-order valence-corrected chi connectivity index (χ0v) is 22.6. The van der Waals surface area contributed by atoms with E-state index < -0.39 is 59.4 Å². The topological polar surface area (TPSA) is 159 Å². The Morgan fingerprint density at radius 1 is 0.875 bits per heavy atom. The Labute approximate surface area is 229 Å². The fourth-order valence-electron chi connectivity index (χ4n) is 4.93. The van der Waals surface area contributed by atoms with Gasteiger partial charge < -0.3 is 33.6 Å². The maximum Gasteiger partial charge on any atom is 0.303 e. The largest absolute Gasteiger partial charge is 0.508 e. The smallest absolute Gasteiger partial charge is 0.303 e. The van der Waals surface area contributed by atoms with Crippen molar-refractivity contribution in [1.82, 2.24) is 0 Å². The summed E-state index contributed by atoms with van der Waals surface area (Å²) in [5.74, 6) is -3.62. The monoisotopic (exact) mass is 554 g/mol. The first-order valence-electron chi connectivity index (χ1n) is 12.6. The lowest BCUT2D eigenvalue weighted by molar-refractivity contribution is -0.208. The molecule has 2 N–H and O–H groups in total. The summed E-state index contributed by atoms with van der Waals surface area (Å²) in [6.45, 7) is 7.15. The molecule has 1 fully saturated rings. The van der Waals surface area contributed by atoms with Crippen molar-refractivity contribution in [3.8, 4) is 28.6 Å². The lowest BCUT2D eigenvalue weighted by atomic mass is 9.81. The van der Waals surface area contributed by atoms with Crippen LogP contribution >= 0.6 is 0 Å². The van der Waals surface area contributed by atoms with E-state index >= 15 is 0 Å². The second-order valence-corrected chi connectivity index (χ2v) is 9.88. The van der Waals surface area contributed by atoms with Gasteiger partial charge in [0, 0.05) is 44.4 Å². The van der Waals surface area contributed by atoms with E-state index in [-0.39, 0.29) is 34.6 Å². The highest BCUT2D eigenvalue weighted by atomic mass is 16.6. The molecule has 4 rings (SSSR count). The van der Waals surface area contributed by atoms with Crippen LogP contribution in [0, 0.1) is 12.8 Å². The molecular weight excluding hydrogens is 524 g/mol. The molecule has 40 heavy (non-hydrogen) atoms. The van der Waals surface area contributed by atoms with E-state index in [1.54, 1.807) is 31.2 Å². The van der Waals surface area contributed by atoms with E-state index in [4.69, 9.17) is 23.4 Å². The molecular formula is C29H30O11. The van der Waals surface area contributed by atoms with Crippen LogP contribution in [0.15, 0.2) is 45.6 Å². The summed E-state index contributed by atoms with van der Waals surface area (Å²) < 4.78 is 28.7. The van der Waals surface area contributed by atoms with Crippen LogP contribution in [0.5, 0.6) is 17.2 Å². The van der Waals surface area contributed by atoms with Crippen LogP contribution in [0.4, 0.5) is 0 Å². The molecule has 1 aliphatic carbocycles. The average Bonchev–Trinajstić information content (AvgIpc) is 2.84. The third-order valence-electron chi connectivity index (χ3n) is 6.59. The number of hydrogen-bond donors (Lipinski definition) is 2. The minimum atomic E-state index is -1.27. The summed E-state index contributed by atoms with van der Waals surface area (Å²) >= 11 is 0. The number of hydrogen-bond acceptors (Lipinski definition) is 11. The fraction of sp³-hybridized carbons (Fsp3) is 0.379. The van der Waals surface area contributed by atoms with Crippen molar-refractivity contribution in [3.63, 3.8) is 0 Å². The quantitative estimate of drug-likeness (QED) is 0.337. The number of aromatic hydroxyl groups is 2. The maximum absolute atomic E-state index is 13.8. The average molecular weight is 555 g/mol. The standard InChI is InChI=1S/C29H30O11/c1-13-6-8-18(9-7-13)26-28(24(35)23-20(34)11-19(33)12-21(23)39-26)40-22-10-14(2)25(36-15(3)30)29(38-17(5)32)27(22)37-16(4)31/h6-9,11-12,14,22,25,27,29,33-34H,10H2,1-5H3/t14-,22-,25+,27+,29-/m1/s1. The highest BCUT2D eigenvalue weighted by Crippen LogP contribution is 2.39. The molecule has 1 heterocycles. The minimum Gasteiger partial charge on any atom is -0.508 e. The highest BCUT2D eigenvalue weighted by Gasteiger charge is 2.50. The third kappa shape index (κ3) is 5.88. The number of phenolic OH excluding ortho intramolecular Hbond substituents is 2. The Morgan fingerprint density at radius 3 is 2.05 bits per heavy atom. The molecule has 1 aliphatic rings. The highest BCUT2D eigenvalue weighted by molar-refractivity contribution is 5.88. The van der Waals surface area contributed by atoms with Crippen LogP contribution < -0.4 is 10.2 Å². The Bertz CT molecular complexity index is 1510.